The van der Waals surface area contributed by atoms with Gasteiger partial charge in [-0.1, -0.05) is 49.0 Å². The Bertz CT molecular complexity index is 96.1. The quantitative estimate of drug-likeness (QED) is 0.445. The molecule has 0 bridgehead atoms. The molecule has 0 saturated carbocycles. The highest BCUT2D eigenvalue weighted by Gasteiger charge is 2.00. The van der Waals surface area contributed by atoms with Crippen molar-refractivity contribution < 1.29 is 0 Å². The van der Waals surface area contributed by atoms with Crippen LogP contribution in [-0.4, -0.2) is 29.9 Å². The number of halogens is 1. The number of nitrogens with zero attached hydrogens (tertiary/aromatic N) is 1. The van der Waals surface area contributed by atoms with E-state index in [0.29, 0.717) is 0 Å². The summed E-state index contributed by atoms with van der Waals surface area (Å²) in [5.41, 5.74) is 0. The highest BCUT2D eigenvalue weighted by molar-refractivity contribution is 9.09. The molecule has 0 heterocycles. The van der Waals surface area contributed by atoms with Crippen LogP contribution in [0.4, 0.5) is 0 Å². The van der Waals surface area contributed by atoms with E-state index in [1.54, 1.807) is 0 Å². The van der Waals surface area contributed by atoms with Gasteiger partial charge in [-0.15, -0.1) is 0 Å². The van der Waals surface area contributed by atoms with Gasteiger partial charge in [-0.05, 0) is 32.5 Å². The third-order valence-electron chi connectivity index (χ3n) is 2.38. The predicted octanol–water partition coefficient (Wildman–Crippen LogP) is 3.67. The summed E-state index contributed by atoms with van der Waals surface area (Å²) in [6.45, 7) is 8.28. The van der Waals surface area contributed by atoms with Gasteiger partial charge in [0.25, 0.3) is 0 Å². The van der Waals surface area contributed by atoms with Gasteiger partial charge in [0.1, 0.15) is 0 Å². The molecule has 0 aromatic rings. The first kappa shape index (κ1) is 13.4. The number of hydrogen-bond acceptors (Lipinski definition) is 1. The van der Waals surface area contributed by atoms with E-state index in [2.05, 4.69) is 34.7 Å². The molecule has 2 heteroatoms. The normalized spacial score (nSPS) is 11.1. The van der Waals surface area contributed by atoms with Gasteiger partial charge in [0.15, 0.2) is 0 Å². The van der Waals surface area contributed by atoms with Gasteiger partial charge in [0.2, 0.25) is 0 Å². The first-order chi connectivity index (χ1) is 6.35. The zero-order valence-corrected chi connectivity index (χ0v) is 10.8. The van der Waals surface area contributed by atoms with Crippen LogP contribution in [0.5, 0.6) is 0 Å². The fourth-order valence-corrected chi connectivity index (χ4v) is 1.72. The fraction of sp³-hybridized carbons (Fsp3) is 1.00. The van der Waals surface area contributed by atoms with Crippen LogP contribution < -0.4 is 0 Å². The smallest absolute Gasteiger partial charge is 0.00434 e. The van der Waals surface area contributed by atoms with Crippen LogP contribution in [0.15, 0.2) is 0 Å². The number of rotatable bonds is 9. The molecular weight excluding hydrogens is 226 g/mol. The molecule has 0 aliphatic carbocycles. The predicted molar refractivity (Wildman–Crippen MR) is 64.7 cm³/mol. The fourth-order valence-electron chi connectivity index (χ4n) is 1.47. The number of alkyl halides is 1. The molecular formula is C11H24BrN. The maximum Gasteiger partial charge on any atom is 0.00434 e. The lowest BCUT2D eigenvalue weighted by molar-refractivity contribution is 0.282. The van der Waals surface area contributed by atoms with Crippen molar-refractivity contribution in [3.63, 3.8) is 0 Å². The van der Waals surface area contributed by atoms with Crippen molar-refractivity contribution in [1.82, 2.24) is 4.90 Å². The Morgan fingerprint density at radius 3 is 2.15 bits per heavy atom. The summed E-state index contributed by atoms with van der Waals surface area (Å²) < 4.78 is 0. The van der Waals surface area contributed by atoms with Gasteiger partial charge in [-0.2, -0.15) is 0 Å². The Labute approximate surface area is 92.0 Å². The Balaban J connectivity index is 3.25. The summed E-state index contributed by atoms with van der Waals surface area (Å²) in [6, 6.07) is 0. The Kier molecular flexibility index (Phi) is 10.9. The van der Waals surface area contributed by atoms with E-state index in [9.17, 15) is 0 Å². The average Bonchev–Trinajstić information content (AvgIpc) is 2.17. The van der Waals surface area contributed by atoms with Crippen molar-refractivity contribution in [3.8, 4) is 0 Å². The van der Waals surface area contributed by atoms with Crippen molar-refractivity contribution in [2.24, 2.45) is 0 Å². The lowest BCUT2D eigenvalue weighted by Gasteiger charge is -2.19. The Morgan fingerprint density at radius 2 is 1.62 bits per heavy atom. The summed E-state index contributed by atoms with van der Waals surface area (Å²) in [6.07, 6.45) is 6.80. The lowest BCUT2D eigenvalue weighted by Crippen LogP contribution is -2.25. The van der Waals surface area contributed by atoms with E-state index < -0.39 is 0 Å². The average molecular weight is 250 g/mol. The second kappa shape index (κ2) is 10.5. The van der Waals surface area contributed by atoms with Gasteiger partial charge in [-0.3, -0.25) is 0 Å². The maximum absolute atomic E-state index is 3.47. The monoisotopic (exact) mass is 249 g/mol. The van der Waals surface area contributed by atoms with Crippen LogP contribution in [0.25, 0.3) is 0 Å². The molecule has 0 saturated heterocycles. The van der Waals surface area contributed by atoms with Crippen molar-refractivity contribution in [2.45, 2.75) is 46.0 Å². The molecule has 1 nitrogen and oxygen atoms in total. The maximum atomic E-state index is 3.47. The van der Waals surface area contributed by atoms with E-state index >= 15 is 0 Å². The zero-order valence-electron chi connectivity index (χ0n) is 9.19. The minimum atomic E-state index is 1.14. The van der Waals surface area contributed by atoms with Crippen molar-refractivity contribution in [3.05, 3.63) is 0 Å². The van der Waals surface area contributed by atoms with Gasteiger partial charge < -0.3 is 4.90 Å². The van der Waals surface area contributed by atoms with Crippen LogP contribution >= 0.6 is 15.9 Å². The summed E-state index contributed by atoms with van der Waals surface area (Å²) in [5, 5.41) is 1.14. The molecule has 0 aromatic carbocycles. The van der Waals surface area contributed by atoms with E-state index in [1.807, 2.05) is 0 Å². The highest BCUT2D eigenvalue weighted by atomic mass is 79.9. The Morgan fingerprint density at radius 1 is 0.923 bits per heavy atom. The van der Waals surface area contributed by atoms with Crippen molar-refractivity contribution >= 4 is 15.9 Å². The van der Waals surface area contributed by atoms with E-state index in [-0.39, 0.29) is 0 Å². The van der Waals surface area contributed by atoms with Crippen LogP contribution in [0.2, 0.25) is 0 Å². The highest BCUT2D eigenvalue weighted by Crippen LogP contribution is 2.02. The van der Waals surface area contributed by atoms with Crippen LogP contribution in [0.3, 0.4) is 0 Å². The third-order valence-corrected chi connectivity index (χ3v) is 2.94. The standard InChI is InChI=1S/C11H24BrN/c1-3-5-6-7-10-13(4-2)11-8-9-12/h3-11H2,1-2H3. The molecule has 0 aromatic heterocycles. The molecule has 0 aliphatic rings. The zero-order chi connectivity index (χ0) is 9.94. The Hall–Kier alpha value is 0.440. The minimum Gasteiger partial charge on any atom is -0.304 e. The van der Waals surface area contributed by atoms with Gasteiger partial charge >= 0.3 is 0 Å². The summed E-state index contributed by atoms with van der Waals surface area (Å²) in [4.78, 5) is 2.55. The van der Waals surface area contributed by atoms with Gasteiger partial charge in [0, 0.05) is 5.33 Å². The topological polar surface area (TPSA) is 3.24 Å². The molecule has 0 atom stereocenters. The van der Waals surface area contributed by atoms with Gasteiger partial charge in [0.05, 0.1) is 0 Å². The van der Waals surface area contributed by atoms with Crippen molar-refractivity contribution in [2.75, 3.05) is 25.0 Å². The third kappa shape index (κ3) is 8.76. The van der Waals surface area contributed by atoms with Crippen LogP contribution in [0.1, 0.15) is 46.0 Å². The molecule has 0 fully saturated rings. The first-order valence-electron chi connectivity index (χ1n) is 5.63. The molecule has 0 spiro atoms. The van der Waals surface area contributed by atoms with Crippen molar-refractivity contribution in [1.29, 1.82) is 0 Å². The number of hydrogen-bond donors (Lipinski definition) is 0. The van der Waals surface area contributed by atoms with E-state index in [0.717, 1.165) is 5.33 Å². The molecule has 0 amide bonds. The minimum absolute atomic E-state index is 1.14. The molecule has 80 valence electrons. The molecule has 0 aliphatic heterocycles. The number of unbranched alkanes of at least 4 members (excludes halogenated alkanes) is 3. The molecule has 13 heavy (non-hydrogen) atoms. The van der Waals surface area contributed by atoms with E-state index in [4.69, 9.17) is 0 Å². The van der Waals surface area contributed by atoms with E-state index in [1.165, 1.54) is 51.7 Å². The first-order valence-corrected chi connectivity index (χ1v) is 6.75. The van der Waals surface area contributed by atoms with Crippen LogP contribution in [-0.2, 0) is 0 Å². The molecule has 0 N–H and O–H groups in total. The summed E-state index contributed by atoms with van der Waals surface area (Å²) in [7, 11) is 0. The summed E-state index contributed by atoms with van der Waals surface area (Å²) in [5.74, 6) is 0. The second-order valence-corrected chi connectivity index (χ2v) is 4.33. The molecule has 0 rings (SSSR count). The van der Waals surface area contributed by atoms with Crippen LogP contribution in [0, 0.1) is 0 Å². The summed E-state index contributed by atoms with van der Waals surface area (Å²) >= 11 is 3.47. The second-order valence-electron chi connectivity index (χ2n) is 3.54. The largest absolute Gasteiger partial charge is 0.304 e. The van der Waals surface area contributed by atoms with Gasteiger partial charge in [-0.25, -0.2) is 0 Å². The molecule has 0 unspecified atom stereocenters. The SMILES string of the molecule is CCCCCCN(CC)CCCBr. The molecule has 0 radical (unpaired) electrons. The lowest BCUT2D eigenvalue weighted by atomic mass is 10.2.